The van der Waals surface area contributed by atoms with Gasteiger partial charge in [0.05, 0.1) is 0 Å². The zero-order chi connectivity index (χ0) is 17.9. The molecule has 1 N–H and O–H groups in total. The van der Waals surface area contributed by atoms with Crippen molar-refractivity contribution in [2.75, 3.05) is 5.32 Å². The Morgan fingerprint density at radius 2 is 1.67 bits per heavy atom. The van der Waals surface area contributed by atoms with Crippen molar-refractivity contribution in [3.8, 4) is 5.75 Å². The first-order valence-corrected chi connectivity index (χ1v) is 7.70. The van der Waals surface area contributed by atoms with E-state index in [9.17, 15) is 13.6 Å². The van der Waals surface area contributed by atoms with Crippen LogP contribution in [0.4, 0.5) is 14.5 Å². The Kier molecular flexibility index (Phi) is 5.22. The van der Waals surface area contributed by atoms with Crippen LogP contribution in [-0.4, -0.2) is 12.0 Å². The topological polar surface area (TPSA) is 38.3 Å². The quantitative estimate of drug-likeness (QED) is 0.883. The van der Waals surface area contributed by atoms with E-state index in [4.69, 9.17) is 4.74 Å². The zero-order valence-corrected chi connectivity index (χ0v) is 14.2. The number of hydrogen-bond donors (Lipinski definition) is 1. The molecule has 0 saturated carbocycles. The lowest BCUT2D eigenvalue weighted by Gasteiger charge is -2.20. The van der Waals surface area contributed by atoms with Crippen molar-refractivity contribution in [3.63, 3.8) is 0 Å². The summed E-state index contributed by atoms with van der Waals surface area (Å²) in [5, 5.41) is 2.50. The Labute approximate surface area is 140 Å². The van der Waals surface area contributed by atoms with E-state index in [0.29, 0.717) is 5.75 Å². The second-order valence-electron chi connectivity index (χ2n) is 6.65. The van der Waals surface area contributed by atoms with Gasteiger partial charge in [-0.1, -0.05) is 32.9 Å². The monoisotopic (exact) mass is 333 g/mol. The molecule has 24 heavy (non-hydrogen) atoms. The minimum Gasteiger partial charge on any atom is -0.481 e. The van der Waals surface area contributed by atoms with Crippen molar-refractivity contribution in [3.05, 3.63) is 59.7 Å². The lowest BCUT2D eigenvalue weighted by molar-refractivity contribution is -0.122. The number of hydrogen-bond acceptors (Lipinski definition) is 2. The number of nitrogens with one attached hydrogen (secondary N) is 1. The van der Waals surface area contributed by atoms with E-state index in [-0.39, 0.29) is 11.1 Å². The lowest BCUT2D eigenvalue weighted by Crippen LogP contribution is -2.30. The van der Waals surface area contributed by atoms with E-state index in [2.05, 4.69) is 26.1 Å². The molecular formula is C19H21F2NO2. The molecule has 2 aromatic rings. The third kappa shape index (κ3) is 4.54. The molecule has 2 rings (SSSR count). The highest BCUT2D eigenvalue weighted by molar-refractivity contribution is 5.94. The molecule has 0 aliphatic heterocycles. The molecule has 0 unspecified atom stereocenters. The summed E-state index contributed by atoms with van der Waals surface area (Å²) in [5.41, 5.74) is 1.37. The summed E-state index contributed by atoms with van der Waals surface area (Å²) in [7, 11) is 0. The average Bonchev–Trinajstić information content (AvgIpc) is 2.50. The number of amides is 1. The van der Waals surface area contributed by atoms with Crippen LogP contribution in [-0.2, 0) is 10.2 Å². The summed E-state index contributed by atoms with van der Waals surface area (Å²) in [5.74, 6) is -1.85. The molecule has 0 aliphatic rings. The highest BCUT2D eigenvalue weighted by Crippen LogP contribution is 2.24. The normalized spacial score (nSPS) is 12.6. The van der Waals surface area contributed by atoms with Gasteiger partial charge < -0.3 is 10.1 Å². The molecule has 0 saturated heterocycles. The van der Waals surface area contributed by atoms with Crippen LogP contribution in [0.25, 0.3) is 0 Å². The van der Waals surface area contributed by atoms with Gasteiger partial charge in [0.1, 0.15) is 5.75 Å². The van der Waals surface area contributed by atoms with E-state index in [1.165, 1.54) is 6.07 Å². The molecule has 128 valence electrons. The first-order valence-electron chi connectivity index (χ1n) is 7.70. The van der Waals surface area contributed by atoms with Crippen LogP contribution in [0, 0.1) is 11.6 Å². The van der Waals surface area contributed by atoms with Gasteiger partial charge >= 0.3 is 0 Å². The molecule has 1 amide bonds. The summed E-state index contributed by atoms with van der Waals surface area (Å²) >= 11 is 0. The van der Waals surface area contributed by atoms with Crippen LogP contribution in [0.15, 0.2) is 42.5 Å². The van der Waals surface area contributed by atoms with Crippen molar-refractivity contribution in [2.45, 2.75) is 39.2 Å². The van der Waals surface area contributed by atoms with Gasteiger partial charge in [-0.15, -0.1) is 0 Å². The fourth-order valence-electron chi connectivity index (χ4n) is 2.11. The van der Waals surface area contributed by atoms with Gasteiger partial charge in [0, 0.05) is 11.8 Å². The Hall–Kier alpha value is -2.43. The van der Waals surface area contributed by atoms with Crippen molar-refractivity contribution in [1.82, 2.24) is 0 Å². The maximum absolute atomic E-state index is 13.2. The number of halogens is 2. The molecule has 0 bridgehead atoms. The van der Waals surface area contributed by atoms with Crippen molar-refractivity contribution < 1.29 is 18.3 Å². The largest absolute Gasteiger partial charge is 0.481 e. The highest BCUT2D eigenvalue weighted by Gasteiger charge is 2.17. The van der Waals surface area contributed by atoms with E-state index < -0.39 is 23.6 Å². The fraction of sp³-hybridized carbons (Fsp3) is 0.316. The number of rotatable bonds is 4. The van der Waals surface area contributed by atoms with Gasteiger partial charge in [0.2, 0.25) is 0 Å². The number of carbonyl (C=O) groups excluding carboxylic acids is 1. The van der Waals surface area contributed by atoms with Crippen LogP contribution < -0.4 is 10.1 Å². The third-order valence-corrected chi connectivity index (χ3v) is 3.59. The molecular weight excluding hydrogens is 312 g/mol. The molecule has 1 atom stereocenters. The molecule has 5 heteroatoms. The zero-order valence-electron chi connectivity index (χ0n) is 14.2. The molecule has 0 heterocycles. The highest BCUT2D eigenvalue weighted by atomic mass is 19.2. The summed E-state index contributed by atoms with van der Waals surface area (Å²) < 4.78 is 31.6. The van der Waals surface area contributed by atoms with Crippen LogP contribution in [0.3, 0.4) is 0 Å². The van der Waals surface area contributed by atoms with Crippen LogP contribution in [0.1, 0.15) is 33.3 Å². The second kappa shape index (κ2) is 6.99. The number of ether oxygens (including phenoxy) is 1. The minimum absolute atomic E-state index is 0.0359. The number of carbonyl (C=O) groups is 1. The maximum atomic E-state index is 13.2. The first-order chi connectivity index (χ1) is 11.2. The predicted molar refractivity (Wildman–Crippen MR) is 90.2 cm³/mol. The van der Waals surface area contributed by atoms with Gasteiger partial charge in [-0.2, -0.15) is 0 Å². The Bertz CT molecular complexity index is 721. The Morgan fingerprint density at radius 1 is 1.04 bits per heavy atom. The van der Waals surface area contributed by atoms with Crippen LogP contribution in [0.2, 0.25) is 0 Å². The van der Waals surface area contributed by atoms with E-state index in [1.54, 1.807) is 6.92 Å². The molecule has 0 radical (unpaired) electrons. The lowest BCUT2D eigenvalue weighted by atomic mass is 9.87. The summed E-state index contributed by atoms with van der Waals surface area (Å²) in [6.45, 7) is 7.93. The van der Waals surface area contributed by atoms with Crippen LogP contribution >= 0.6 is 0 Å². The first kappa shape index (κ1) is 17.9. The number of anilines is 1. The summed E-state index contributed by atoms with van der Waals surface area (Å²) in [6.07, 6.45) is -0.779. The van der Waals surface area contributed by atoms with E-state index >= 15 is 0 Å². The fourth-order valence-corrected chi connectivity index (χ4v) is 2.11. The van der Waals surface area contributed by atoms with Crippen molar-refractivity contribution in [1.29, 1.82) is 0 Å². The van der Waals surface area contributed by atoms with Gasteiger partial charge in [-0.3, -0.25) is 4.79 Å². The summed E-state index contributed by atoms with van der Waals surface area (Å²) in [4.78, 5) is 12.1. The average molecular weight is 333 g/mol. The predicted octanol–water partition coefficient (Wildman–Crippen LogP) is 4.67. The molecule has 0 aromatic heterocycles. The Morgan fingerprint density at radius 3 is 2.21 bits per heavy atom. The molecule has 0 spiro atoms. The van der Waals surface area contributed by atoms with E-state index in [0.717, 1.165) is 17.7 Å². The van der Waals surface area contributed by atoms with Gasteiger partial charge in [-0.25, -0.2) is 8.78 Å². The van der Waals surface area contributed by atoms with E-state index in [1.807, 2.05) is 24.3 Å². The molecule has 2 aromatic carbocycles. The smallest absolute Gasteiger partial charge is 0.265 e. The molecule has 0 fully saturated rings. The van der Waals surface area contributed by atoms with Gasteiger partial charge in [0.25, 0.3) is 5.91 Å². The van der Waals surface area contributed by atoms with Crippen LogP contribution in [0.5, 0.6) is 5.75 Å². The van der Waals surface area contributed by atoms with Gasteiger partial charge in [0.15, 0.2) is 17.7 Å². The van der Waals surface area contributed by atoms with Gasteiger partial charge in [-0.05, 0) is 42.2 Å². The molecule has 0 aliphatic carbocycles. The summed E-state index contributed by atoms with van der Waals surface area (Å²) in [6, 6.07) is 10.7. The number of benzene rings is 2. The standard InChI is InChI=1S/C19H21F2NO2/c1-12(18(23)22-14-7-10-16(20)17(21)11-14)24-15-8-5-13(6-9-15)19(2,3)4/h5-12H,1-4H3,(H,22,23)/t12-/m1/s1. The Balaban J connectivity index is 1.99. The van der Waals surface area contributed by atoms with Crippen molar-refractivity contribution in [2.24, 2.45) is 0 Å². The second-order valence-corrected chi connectivity index (χ2v) is 6.65. The molecule has 3 nitrogen and oxygen atoms in total. The minimum atomic E-state index is -1.01. The third-order valence-electron chi connectivity index (χ3n) is 3.59. The van der Waals surface area contributed by atoms with Crippen molar-refractivity contribution >= 4 is 11.6 Å². The maximum Gasteiger partial charge on any atom is 0.265 e. The SMILES string of the molecule is C[C@@H](Oc1ccc(C(C)(C)C)cc1)C(=O)Nc1ccc(F)c(F)c1.